The molecule has 1 saturated carbocycles. The fraction of sp³-hybridized carbons (Fsp3) is 0.448. The molecule has 2 aliphatic rings. The molecule has 1 aromatic heterocycles. The van der Waals surface area contributed by atoms with Crippen LogP contribution in [0, 0.1) is 11.7 Å². The Labute approximate surface area is 227 Å². The van der Waals surface area contributed by atoms with Gasteiger partial charge in [0, 0.05) is 35.4 Å². The Morgan fingerprint density at radius 3 is 2.62 bits per heavy atom. The normalized spacial score (nSPS) is 17.2. The van der Waals surface area contributed by atoms with Gasteiger partial charge in [-0.2, -0.15) is 0 Å². The van der Waals surface area contributed by atoms with E-state index in [1.54, 1.807) is 25.4 Å². The van der Waals surface area contributed by atoms with Crippen LogP contribution in [0.15, 0.2) is 42.6 Å². The van der Waals surface area contributed by atoms with E-state index in [0.717, 1.165) is 57.7 Å². The predicted octanol–water partition coefficient (Wildman–Crippen LogP) is 4.34. The van der Waals surface area contributed by atoms with Gasteiger partial charge in [0.05, 0.1) is 19.2 Å². The number of nitrogens with zero attached hydrogens (tertiary/aromatic N) is 1. The van der Waals surface area contributed by atoms with Crippen LogP contribution in [-0.2, 0) is 4.79 Å². The highest BCUT2D eigenvalue weighted by atomic mass is 19.1. The number of aliphatic hydroxyl groups is 1. The summed E-state index contributed by atoms with van der Waals surface area (Å²) in [5.41, 5.74) is 0.843. The van der Waals surface area contributed by atoms with Gasteiger partial charge in [-0.1, -0.05) is 12.8 Å². The number of methoxy groups -OCH3 is 1. The zero-order valence-corrected chi connectivity index (χ0v) is 22.0. The van der Waals surface area contributed by atoms with E-state index in [4.69, 9.17) is 14.2 Å². The third-order valence-corrected chi connectivity index (χ3v) is 7.34. The average molecular weight is 539 g/mol. The van der Waals surface area contributed by atoms with Gasteiger partial charge < -0.3 is 30.0 Å². The lowest BCUT2D eigenvalue weighted by Gasteiger charge is -2.23. The maximum absolute atomic E-state index is 15.0. The highest BCUT2D eigenvalue weighted by Gasteiger charge is 2.23. The van der Waals surface area contributed by atoms with Crippen molar-refractivity contribution >= 4 is 22.5 Å². The SMILES string of the molecule is COc1cc2c(Oc3ccc(NC(=O)C(O)NC4CCCC4)cc3F)ccnc2cc1OCC1CCNCC1. The summed E-state index contributed by atoms with van der Waals surface area (Å²) in [5, 5.41) is 19.6. The smallest absolute Gasteiger partial charge is 0.268 e. The number of aromatic nitrogens is 1. The Balaban J connectivity index is 1.27. The molecule has 9 nitrogen and oxygen atoms in total. The van der Waals surface area contributed by atoms with Crippen LogP contribution in [0.5, 0.6) is 23.0 Å². The Bertz CT molecular complexity index is 1290. The molecule has 1 unspecified atom stereocenters. The molecule has 1 amide bonds. The number of hydrogen-bond acceptors (Lipinski definition) is 8. The lowest BCUT2D eigenvalue weighted by molar-refractivity contribution is -0.126. The molecule has 1 aliphatic heterocycles. The van der Waals surface area contributed by atoms with Crippen LogP contribution < -0.4 is 30.2 Å². The van der Waals surface area contributed by atoms with Crippen molar-refractivity contribution in [3.05, 3.63) is 48.4 Å². The number of fused-ring (bicyclic) bond motifs is 1. The molecule has 2 fully saturated rings. The number of amides is 1. The molecule has 208 valence electrons. The lowest BCUT2D eigenvalue weighted by atomic mass is 9.99. The van der Waals surface area contributed by atoms with Crippen LogP contribution in [0.3, 0.4) is 0 Å². The van der Waals surface area contributed by atoms with Crippen molar-refractivity contribution in [1.29, 1.82) is 0 Å². The molecule has 2 heterocycles. The molecule has 5 rings (SSSR count). The van der Waals surface area contributed by atoms with Crippen LogP contribution in [0.4, 0.5) is 10.1 Å². The third-order valence-electron chi connectivity index (χ3n) is 7.34. The van der Waals surface area contributed by atoms with E-state index in [1.165, 1.54) is 12.1 Å². The van der Waals surface area contributed by atoms with Gasteiger partial charge in [0.1, 0.15) is 5.75 Å². The maximum atomic E-state index is 15.0. The van der Waals surface area contributed by atoms with Crippen molar-refractivity contribution in [1.82, 2.24) is 15.6 Å². The first kappa shape index (κ1) is 27.1. The zero-order valence-electron chi connectivity index (χ0n) is 22.0. The fourth-order valence-corrected chi connectivity index (χ4v) is 5.13. The summed E-state index contributed by atoms with van der Waals surface area (Å²) < 4.78 is 32.6. The number of benzene rings is 2. The Morgan fingerprint density at radius 2 is 1.87 bits per heavy atom. The van der Waals surface area contributed by atoms with Gasteiger partial charge in [0.15, 0.2) is 29.3 Å². The number of nitrogens with one attached hydrogen (secondary N) is 3. The molecule has 4 N–H and O–H groups in total. The summed E-state index contributed by atoms with van der Waals surface area (Å²) in [5.74, 6) is 0.703. The minimum Gasteiger partial charge on any atom is -0.493 e. The van der Waals surface area contributed by atoms with Gasteiger partial charge in [-0.3, -0.25) is 15.1 Å². The van der Waals surface area contributed by atoms with E-state index in [9.17, 15) is 14.3 Å². The molecular weight excluding hydrogens is 503 g/mol. The van der Waals surface area contributed by atoms with Crippen molar-refractivity contribution in [2.45, 2.75) is 50.8 Å². The Morgan fingerprint density at radius 1 is 1.08 bits per heavy atom. The first-order chi connectivity index (χ1) is 19.0. The number of piperidine rings is 1. The fourth-order valence-electron chi connectivity index (χ4n) is 5.13. The number of hydrogen-bond donors (Lipinski definition) is 4. The molecule has 3 aromatic rings. The van der Waals surface area contributed by atoms with Crippen molar-refractivity contribution in [3.8, 4) is 23.0 Å². The van der Waals surface area contributed by atoms with Gasteiger partial charge in [-0.15, -0.1) is 0 Å². The highest BCUT2D eigenvalue weighted by Crippen LogP contribution is 2.38. The zero-order chi connectivity index (χ0) is 27.2. The van der Waals surface area contributed by atoms with Crippen LogP contribution in [-0.4, -0.2) is 55.1 Å². The molecule has 1 saturated heterocycles. The monoisotopic (exact) mass is 538 g/mol. The minimum absolute atomic E-state index is 0.0182. The number of carbonyl (C=O) groups excluding carboxylic acids is 1. The number of anilines is 1. The molecule has 10 heteroatoms. The minimum atomic E-state index is -1.36. The second-order valence-electron chi connectivity index (χ2n) is 10.1. The molecule has 0 radical (unpaired) electrons. The summed E-state index contributed by atoms with van der Waals surface area (Å²) in [7, 11) is 1.57. The summed E-state index contributed by atoms with van der Waals surface area (Å²) in [6.07, 6.45) is 6.36. The molecule has 0 bridgehead atoms. The number of carbonyl (C=O) groups is 1. The van der Waals surface area contributed by atoms with E-state index in [-0.39, 0.29) is 17.5 Å². The molecule has 0 spiro atoms. The first-order valence-electron chi connectivity index (χ1n) is 13.5. The summed E-state index contributed by atoms with van der Waals surface area (Å²) >= 11 is 0. The molecular formula is C29H35FN4O5. The number of halogens is 1. The summed E-state index contributed by atoms with van der Waals surface area (Å²) in [6, 6.07) is 9.47. The number of pyridine rings is 1. The predicted molar refractivity (Wildman–Crippen MR) is 146 cm³/mol. The molecule has 1 aliphatic carbocycles. The molecule has 2 aromatic carbocycles. The quantitative estimate of drug-likeness (QED) is 0.282. The number of aliphatic hydroxyl groups excluding tert-OH is 1. The number of rotatable bonds is 10. The van der Waals surface area contributed by atoms with Crippen LogP contribution in [0.2, 0.25) is 0 Å². The van der Waals surface area contributed by atoms with Crippen LogP contribution >= 0.6 is 0 Å². The maximum Gasteiger partial charge on any atom is 0.268 e. The van der Waals surface area contributed by atoms with Crippen molar-refractivity contribution in [2.75, 3.05) is 32.1 Å². The second-order valence-corrected chi connectivity index (χ2v) is 10.1. The largest absolute Gasteiger partial charge is 0.493 e. The van der Waals surface area contributed by atoms with E-state index in [2.05, 4.69) is 20.9 Å². The average Bonchev–Trinajstić information content (AvgIpc) is 3.46. The van der Waals surface area contributed by atoms with Gasteiger partial charge in [-0.25, -0.2) is 4.39 Å². The van der Waals surface area contributed by atoms with Crippen LogP contribution in [0.1, 0.15) is 38.5 Å². The van der Waals surface area contributed by atoms with E-state index >= 15 is 0 Å². The van der Waals surface area contributed by atoms with Gasteiger partial charge >= 0.3 is 0 Å². The van der Waals surface area contributed by atoms with E-state index < -0.39 is 18.0 Å². The highest BCUT2D eigenvalue weighted by molar-refractivity contribution is 5.93. The summed E-state index contributed by atoms with van der Waals surface area (Å²) in [6.45, 7) is 2.59. The standard InChI is InChI=1S/C29H35FN4O5/c1-37-26-15-21-23(16-27(26)38-17-18-8-11-31-12-9-18)32-13-10-24(21)39-25-7-6-20(14-22(25)30)34-29(36)28(35)33-19-4-2-3-5-19/h6-7,10,13-16,18-19,28,31,33,35H,2-5,8-9,11-12,17H2,1H3,(H,34,36). The van der Waals surface area contributed by atoms with Gasteiger partial charge in [0.25, 0.3) is 5.91 Å². The van der Waals surface area contributed by atoms with Crippen molar-refractivity contribution in [3.63, 3.8) is 0 Å². The van der Waals surface area contributed by atoms with Crippen LogP contribution in [0.25, 0.3) is 10.9 Å². The van der Waals surface area contributed by atoms with Crippen molar-refractivity contribution in [2.24, 2.45) is 5.92 Å². The Hall–Kier alpha value is -3.47. The number of ether oxygens (including phenoxy) is 3. The first-order valence-corrected chi connectivity index (χ1v) is 13.5. The Kier molecular flexibility index (Phi) is 8.75. The third kappa shape index (κ3) is 6.76. The summed E-state index contributed by atoms with van der Waals surface area (Å²) in [4.78, 5) is 16.8. The van der Waals surface area contributed by atoms with Gasteiger partial charge in [-0.05, 0) is 69.0 Å². The molecule has 39 heavy (non-hydrogen) atoms. The van der Waals surface area contributed by atoms with Gasteiger partial charge in [0.2, 0.25) is 0 Å². The van der Waals surface area contributed by atoms with E-state index in [0.29, 0.717) is 40.7 Å². The van der Waals surface area contributed by atoms with Crippen molar-refractivity contribution < 1.29 is 28.5 Å². The van der Waals surface area contributed by atoms with E-state index in [1.807, 2.05) is 6.07 Å². The second kappa shape index (κ2) is 12.6. The topological polar surface area (TPSA) is 114 Å². The molecule has 1 atom stereocenters. The lowest BCUT2D eigenvalue weighted by Crippen LogP contribution is -2.44.